The van der Waals surface area contributed by atoms with Gasteiger partial charge in [0.1, 0.15) is 0 Å². The average molecular weight is 235 g/mol. The molecule has 1 nitrogen and oxygen atoms in total. The van der Waals surface area contributed by atoms with E-state index in [-0.39, 0.29) is 0 Å². The number of rotatable bonds is 5. The van der Waals surface area contributed by atoms with Crippen LogP contribution < -0.4 is 0 Å². The van der Waals surface area contributed by atoms with Crippen molar-refractivity contribution in [3.8, 4) is 0 Å². The summed E-state index contributed by atoms with van der Waals surface area (Å²) in [4.78, 5) is 0.739. The van der Waals surface area contributed by atoms with Crippen molar-refractivity contribution < 1.29 is 4.74 Å². The van der Waals surface area contributed by atoms with Crippen LogP contribution in [0.1, 0.15) is 39.0 Å². The van der Waals surface area contributed by atoms with Gasteiger partial charge in [-0.05, 0) is 31.6 Å². The number of ether oxygens (including phenoxy) is 1. The smallest absolute Gasteiger partial charge is 0.0495 e. The number of hydrogen-bond donors (Lipinski definition) is 0. The van der Waals surface area contributed by atoms with Crippen LogP contribution in [0, 0.1) is 5.92 Å². The van der Waals surface area contributed by atoms with E-state index in [0.29, 0.717) is 0 Å². The topological polar surface area (TPSA) is 9.23 Å². The lowest BCUT2D eigenvalue weighted by atomic mass is 10.0. The molecule has 0 bridgehead atoms. The Morgan fingerprint density at radius 1 is 1.50 bits per heavy atom. The Morgan fingerprint density at radius 3 is 2.92 bits per heavy atom. The third kappa shape index (κ3) is 3.90. The predicted octanol–water partition coefficient (Wildman–Crippen LogP) is 3.37. The second-order valence-corrected chi connectivity index (χ2v) is 4.99. The first-order chi connectivity index (χ1) is 5.83. The summed E-state index contributed by atoms with van der Waals surface area (Å²) in [6.45, 7) is 4.24. The zero-order valence-electron chi connectivity index (χ0n) is 7.89. The molecule has 0 spiro atoms. The van der Waals surface area contributed by atoms with Crippen LogP contribution in [-0.2, 0) is 4.74 Å². The highest BCUT2D eigenvalue weighted by Gasteiger charge is 2.16. The van der Waals surface area contributed by atoms with E-state index >= 15 is 0 Å². The van der Waals surface area contributed by atoms with Crippen LogP contribution in [-0.4, -0.2) is 18.0 Å². The highest BCUT2D eigenvalue weighted by Crippen LogP contribution is 2.22. The normalized spacial score (nSPS) is 26.0. The van der Waals surface area contributed by atoms with Crippen molar-refractivity contribution in [1.82, 2.24) is 0 Å². The van der Waals surface area contributed by atoms with E-state index in [2.05, 4.69) is 22.9 Å². The predicted molar refractivity (Wildman–Crippen MR) is 55.8 cm³/mol. The van der Waals surface area contributed by atoms with Crippen molar-refractivity contribution in [2.45, 2.75) is 43.9 Å². The summed E-state index contributed by atoms with van der Waals surface area (Å²) in [5.74, 6) is 0.849. The minimum absolute atomic E-state index is 0.739. The van der Waals surface area contributed by atoms with Crippen LogP contribution in [0.3, 0.4) is 0 Å². The lowest BCUT2D eigenvalue weighted by Gasteiger charge is -2.10. The maximum absolute atomic E-state index is 5.33. The fraction of sp³-hybridized carbons (Fsp3) is 1.00. The molecule has 12 heavy (non-hydrogen) atoms. The second-order valence-electron chi connectivity index (χ2n) is 3.69. The van der Waals surface area contributed by atoms with Gasteiger partial charge in [0.25, 0.3) is 0 Å². The molecule has 0 N–H and O–H groups in total. The van der Waals surface area contributed by atoms with Gasteiger partial charge in [0, 0.05) is 18.0 Å². The molecule has 1 aliphatic rings. The largest absolute Gasteiger partial charge is 0.381 e. The minimum atomic E-state index is 0.739. The lowest BCUT2D eigenvalue weighted by Crippen LogP contribution is -2.04. The molecule has 1 heterocycles. The molecule has 0 saturated carbocycles. The summed E-state index contributed by atoms with van der Waals surface area (Å²) >= 11 is 3.70. The number of halogens is 1. The molecule has 2 heteroatoms. The van der Waals surface area contributed by atoms with Crippen molar-refractivity contribution in [1.29, 1.82) is 0 Å². The Kier molecular flexibility index (Phi) is 5.24. The highest BCUT2D eigenvalue weighted by atomic mass is 79.9. The van der Waals surface area contributed by atoms with Gasteiger partial charge in [-0.2, -0.15) is 0 Å². The van der Waals surface area contributed by atoms with Crippen LogP contribution in [0.25, 0.3) is 0 Å². The first-order valence-corrected chi connectivity index (χ1v) is 5.96. The van der Waals surface area contributed by atoms with Crippen molar-refractivity contribution in [3.63, 3.8) is 0 Å². The van der Waals surface area contributed by atoms with Crippen molar-refractivity contribution in [2.75, 3.05) is 13.2 Å². The van der Waals surface area contributed by atoms with E-state index in [9.17, 15) is 0 Å². The summed E-state index contributed by atoms with van der Waals surface area (Å²) in [5.41, 5.74) is 0. The van der Waals surface area contributed by atoms with Crippen molar-refractivity contribution >= 4 is 15.9 Å². The Morgan fingerprint density at radius 2 is 2.33 bits per heavy atom. The molecular weight excluding hydrogens is 216 g/mol. The Hall–Kier alpha value is 0.440. The van der Waals surface area contributed by atoms with Gasteiger partial charge in [-0.25, -0.2) is 0 Å². The Balaban J connectivity index is 1.99. The fourth-order valence-electron chi connectivity index (χ4n) is 1.69. The molecule has 0 aromatic rings. The maximum Gasteiger partial charge on any atom is 0.0495 e. The summed E-state index contributed by atoms with van der Waals surface area (Å²) in [7, 11) is 0. The third-order valence-corrected chi connectivity index (χ3v) is 3.43. The molecule has 1 saturated heterocycles. The molecule has 1 fully saturated rings. The van der Waals surface area contributed by atoms with Crippen LogP contribution >= 0.6 is 15.9 Å². The molecule has 72 valence electrons. The quantitative estimate of drug-likeness (QED) is 0.664. The van der Waals surface area contributed by atoms with Gasteiger partial charge in [0.15, 0.2) is 0 Å². The second kappa shape index (κ2) is 5.98. The summed E-state index contributed by atoms with van der Waals surface area (Å²) in [6.07, 6.45) is 6.55. The molecule has 0 aromatic carbocycles. The average Bonchev–Trinajstić information content (AvgIpc) is 2.53. The SMILES string of the molecule is CCCC(Br)CCC1CCOC1. The molecule has 2 unspecified atom stereocenters. The van der Waals surface area contributed by atoms with E-state index in [1.165, 1.54) is 32.1 Å². The minimum Gasteiger partial charge on any atom is -0.381 e. The summed E-state index contributed by atoms with van der Waals surface area (Å²) < 4.78 is 5.33. The van der Waals surface area contributed by atoms with Gasteiger partial charge in [-0.3, -0.25) is 0 Å². The van der Waals surface area contributed by atoms with E-state index in [0.717, 1.165) is 24.0 Å². The first-order valence-electron chi connectivity index (χ1n) is 5.04. The standard InChI is InChI=1S/C10H19BrO/c1-2-3-10(11)5-4-9-6-7-12-8-9/h9-10H,2-8H2,1H3. The highest BCUT2D eigenvalue weighted by molar-refractivity contribution is 9.09. The fourth-order valence-corrected chi connectivity index (χ4v) is 2.41. The van der Waals surface area contributed by atoms with E-state index in [1.54, 1.807) is 0 Å². The Labute approximate surface area is 84.0 Å². The lowest BCUT2D eigenvalue weighted by molar-refractivity contribution is 0.183. The zero-order valence-corrected chi connectivity index (χ0v) is 9.48. The molecule has 0 aliphatic carbocycles. The number of hydrogen-bond acceptors (Lipinski definition) is 1. The molecule has 0 radical (unpaired) electrons. The molecule has 2 atom stereocenters. The van der Waals surface area contributed by atoms with E-state index in [4.69, 9.17) is 4.74 Å². The Bertz CT molecular complexity index is 110. The van der Waals surface area contributed by atoms with Crippen LogP contribution in [0.15, 0.2) is 0 Å². The van der Waals surface area contributed by atoms with Gasteiger partial charge in [-0.1, -0.05) is 29.3 Å². The molecule has 0 amide bonds. The van der Waals surface area contributed by atoms with Crippen molar-refractivity contribution in [2.24, 2.45) is 5.92 Å². The van der Waals surface area contributed by atoms with Gasteiger partial charge < -0.3 is 4.74 Å². The number of alkyl halides is 1. The van der Waals surface area contributed by atoms with Crippen molar-refractivity contribution in [3.05, 3.63) is 0 Å². The van der Waals surface area contributed by atoms with Gasteiger partial charge in [0.05, 0.1) is 0 Å². The summed E-state index contributed by atoms with van der Waals surface area (Å²) in [5, 5.41) is 0. The zero-order chi connectivity index (χ0) is 8.81. The first kappa shape index (κ1) is 10.5. The molecule has 1 aliphatic heterocycles. The third-order valence-electron chi connectivity index (χ3n) is 2.51. The monoisotopic (exact) mass is 234 g/mol. The molecular formula is C10H19BrO. The van der Waals surface area contributed by atoms with Crippen LogP contribution in [0.4, 0.5) is 0 Å². The molecule has 1 rings (SSSR count). The van der Waals surface area contributed by atoms with Gasteiger partial charge >= 0.3 is 0 Å². The van der Waals surface area contributed by atoms with E-state index in [1.807, 2.05) is 0 Å². The van der Waals surface area contributed by atoms with Crippen LogP contribution in [0.5, 0.6) is 0 Å². The van der Waals surface area contributed by atoms with E-state index < -0.39 is 0 Å². The van der Waals surface area contributed by atoms with Crippen LogP contribution in [0.2, 0.25) is 0 Å². The van der Waals surface area contributed by atoms with Gasteiger partial charge in [0.2, 0.25) is 0 Å². The summed E-state index contributed by atoms with van der Waals surface area (Å²) in [6, 6.07) is 0. The van der Waals surface area contributed by atoms with Gasteiger partial charge in [-0.15, -0.1) is 0 Å². The molecule has 0 aromatic heterocycles. The maximum atomic E-state index is 5.33.